The minimum absolute atomic E-state index is 0. The fourth-order valence-electron chi connectivity index (χ4n) is 0.123. The summed E-state index contributed by atoms with van der Waals surface area (Å²) in [4.78, 5) is 15.4. The van der Waals surface area contributed by atoms with Crippen LogP contribution >= 0.6 is 7.82 Å². The summed E-state index contributed by atoms with van der Waals surface area (Å²) in [5.74, 6) is 0. The van der Waals surface area contributed by atoms with E-state index in [2.05, 4.69) is 3.97 Å². The molecule has 0 unspecified atom stereocenters. The smallest absolute Gasteiger partial charge is 0 e. The normalized spacial score (nSPS) is 11.2. The van der Waals surface area contributed by atoms with Crippen LogP contribution in [0, 0.1) is 0 Å². The number of hydrogen-bond donors (Lipinski definition) is 3. The second-order valence-corrected chi connectivity index (χ2v) is 3.43. The van der Waals surface area contributed by atoms with Gasteiger partial charge in [0.1, 0.15) is 0 Å². The Kier molecular flexibility index (Phi) is 11.4. The molecule has 0 aromatic rings. The molecule has 0 fully saturated rings. The molecule has 11 heteroatoms. The standard InChI is InChI=1S/Ba.H3O7PS.Zn.2H/c;1-8(2,3)7-9(4,5)6;;;/h;(H2,1,2,3)(H,4,5,6);;;. The molecule has 0 radical (unpaired) electrons. The van der Waals surface area contributed by atoms with E-state index in [9.17, 15) is 13.0 Å². The monoisotopic (exact) mass is 382 g/mol. The van der Waals surface area contributed by atoms with E-state index in [1.807, 2.05) is 0 Å². The number of phosphoric acid groups is 1. The molecule has 0 aromatic carbocycles. The van der Waals surface area contributed by atoms with Crippen LogP contribution in [-0.2, 0) is 38.4 Å². The van der Waals surface area contributed by atoms with Crippen LogP contribution in [0.2, 0.25) is 0 Å². The average Bonchev–Trinajstić information content (AvgIpc) is 1.14. The maximum Gasteiger partial charge on any atom is 0 e. The summed E-state index contributed by atoms with van der Waals surface area (Å²) < 4.78 is 39.0. The molecular formula is H5BaO7PSZn. The van der Waals surface area contributed by atoms with Gasteiger partial charge >= 0.3 is 67.1 Å². The Balaban J connectivity index is -0.000000320. The van der Waals surface area contributed by atoms with Gasteiger partial charge in [-0.3, -0.25) is 4.55 Å². The zero-order valence-electron chi connectivity index (χ0n) is 4.54. The van der Waals surface area contributed by atoms with Crippen molar-refractivity contribution in [3.63, 3.8) is 0 Å². The summed E-state index contributed by atoms with van der Waals surface area (Å²) in [7, 11) is -10.2. The molecule has 3 N–H and O–H groups in total. The first-order valence-electron chi connectivity index (χ1n) is 1.45. The predicted octanol–water partition coefficient (Wildman–Crippen LogP) is -2.02. The Morgan fingerprint density at radius 2 is 1.55 bits per heavy atom. The largest absolute Gasteiger partial charge is 0 e. The quantitative estimate of drug-likeness (QED) is 0.286. The summed E-state index contributed by atoms with van der Waals surface area (Å²) in [6, 6.07) is 0. The van der Waals surface area contributed by atoms with Crippen molar-refractivity contribution < 1.29 is 50.8 Å². The van der Waals surface area contributed by atoms with Crippen molar-refractivity contribution in [1.82, 2.24) is 0 Å². The first-order chi connectivity index (χ1) is 3.71. The van der Waals surface area contributed by atoms with Crippen LogP contribution in [0.15, 0.2) is 0 Å². The molecule has 0 amide bonds. The van der Waals surface area contributed by atoms with E-state index in [1.165, 1.54) is 0 Å². The van der Waals surface area contributed by atoms with Crippen molar-refractivity contribution in [1.29, 1.82) is 0 Å². The average molecular weight is 383 g/mol. The van der Waals surface area contributed by atoms with Crippen LogP contribution in [-0.4, -0.2) is 71.6 Å². The summed E-state index contributed by atoms with van der Waals surface area (Å²) >= 11 is 0. The fourth-order valence-corrected chi connectivity index (χ4v) is 1.10. The molecule has 0 rings (SSSR count). The first kappa shape index (κ1) is 18.9. The van der Waals surface area contributed by atoms with Gasteiger partial charge in [0, 0.05) is 19.5 Å². The van der Waals surface area contributed by atoms with E-state index in [-0.39, 0.29) is 68.4 Å². The Morgan fingerprint density at radius 1 is 1.27 bits per heavy atom. The van der Waals surface area contributed by atoms with E-state index in [0.717, 1.165) is 0 Å². The molecule has 11 heavy (non-hydrogen) atoms. The van der Waals surface area contributed by atoms with Gasteiger partial charge in [0.15, 0.2) is 0 Å². The van der Waals surface area contributed by atoms with E-state index in [0.29, 0.717) is 0 Å². The van der Waals surface area contributed by atoms with Crippen LogP contribution in [0.25, 0.3) is 0 Å². The van der Waals surface area contributed by atoms with E-state index < -0.39 is 18.2 Å². The topological polar surface area (TPSA) is 121 Å². The van der Waals surface area contributed by atoms with Crippen molar-refractivity contribution in [3.05, 3.63) is 0 Å². The predicted molar refractivity (Wildman–Crippen MR) is 33.2 cm³/mol. The molecule has 0 atom stereocenters. The van der Waals surface area contributed by atoms with Crippen LogP contribution < -0.4 is 0 Å². The number of hydrogen-bond acceptors (Lipinski definition) is 4. The zero-order valence-corrected chi connectivity index (χ0v) is 9.22. The molecular weight excluding hydrogens is 378 g/mol. The molecule has 0 spiro atoms. The van der Waals surface area contributed by atoms with Gasteiger partial charge < -0.3 is 9.79 Å². The Labute approximate surface area is 116 Å². The molecule has 0 aromatic heterocycles. The molecule has 0 bridgehead atoms. The van der Waals surface area contributed by atoms with Gasteiger partial charge in [0.25, 0.3) is 0 Å². The number of rotatable bonds is 2. The second-order valence-electron chi connectivity index (χ2n) is 0.993. The third-order valence-electron chi connectivity index (χ3n) is 0.191. The Morgan fingerprint density at radius 3 is 1.55 bits per heavy atom. The minimum Gasteiger partial charge on any atom is 0 e. The SMILES string of the molecule is O=P(O)(O)OS(=O)(=O)O.[BaH2].[Zn]. The summed E-state index contributed by atoms with van der Waals surface area (Å²) in [6.45, 7) is 0. The maximum absolute atomic E-state index is 9.58. The summed E-state index contributed by atoms with van der Waals surface area (Å²) in [6.07, 6.45) is 0. The van der Waals surface area contributed by atoms with Crippen LogP contribution in [0.5, 0.6) is 0 Å². The molecule has 0 aliphatic carbocycles. The summed E-state index contributed by atoms with van der Waals surface area (Å²) in [5, 5.41) is 0. The summed E-state index contributed by atoms with van der Waals surface area (Å²) in [5.41, 5.74) is 0. The van der Waals surface area contributed by atoms with Crippen LogP contribution in [0.1, 0.15) is 0 Å². The minimum atomic E-state index is -5.13. The van der Waals surface area contributed by atoms with Crippen molar-refractivity contribution in [2.75, 3.05) is 0 Å². The molecule has 62 valence electrons. The molecule has 0 saturated carbocycles. The van der Waals surface area contributed by atoms with Crippen LogP contribution in [0.4, 0.5) is 0 Å². The van der Waals surface area contributed by atoms with Gasteiger partial charge in [-0.2, -0.15) is 8.42 Å². The Hall–Kier alpha value is 2.21. The first-order valence-corrected chi connectivity index (χ1v) is 4.34. The molecule has 0 heterocycles. The van der Waals surface area contributed by atoms with Crippen molar-refractivity contribution in [2.45, 2.75) is 0 Å². The third kappa shape index (κ3) is 18.9. The van der Waals surface area contributed by atoms with Crippen molar-refractivity contribution >= 4 is 67.1 Å². The van der Waals surface area contributed by atoms with E-state index in [1.54, 1.807) is 0 Å². The third-order valence-corrected chi connectivity index (χ3v) is 1.72. The van der Waals surface area contributed by atoms with Crippen molar-refractivity contribution in [2.24, 2.45) is 0 Å². The van der Waals surface area contributed by atoms with E-state index >= 15 is 0 Å². The zero-order chi connectivity index (χ0) is 7.71. The molecule has 0 saturated heterocycles. The molecule has 0 aliphatic rings. The van der Waals surface area contributed by atoms with Gasteiger partial charge in [-0.15, -0.1) is 3.97 Å². The van der Waals surface area contributed by atoms with Crippen LogP contribution in [0.3, 0.4) is 0 Å². The Bertz CT molecular complexity index is 225. The van der Waals surface area contributed by atoms with Gasteiger partial charge in [-0.25, -0.2) is 4.57 Å². The van der Waals surface area contributed by atoms with Crippen molar-refractivity contribution in [3.8, 4) is 0 Å². The van der Waals surface area contributed by atoms with Gasteiger partial charge in [0.2, 0.25) is 0 Å². The molecule has 7 nitrogen and oxygen atoms in total. The maximum atomic E-state index is 9.58. The second kappa shape index (κ2) is 6.64. The van der Waals surface area contributed by atoms with Gasteiger partial charge in [-0.1, -0.05) is 0 Å². The van der Waals surface area contributed by atoms with Gasteiger partial charge in [-0.05, 0) is 0 Å². The fraction of sp³-hybridized carbons (Fsp3) is 0. The molecule has 0 aliphatic heterocycles. The van der Waals surface area contributed by atoms with Gasteiger partial charge in [0.05, 0.1) is 0 Å². The van der Waals surface area contributed by atoms with E-state index in [4.69, 9.17) is 14.3 Å².